The molecule has 0 aliphatic heterocycles. The molecule has 0 spiro atoms. The van der Waals surface area contributed by atoms with Crippen molar-refractivity contribution < 1.29 is 5.11 Å². The highest BCUT2D eigenvalue weighted by Gasteiger charge is 1.99. The molecule has 4 N–H and O–H groups in total. The van der Waals surface area contributed by atoms with Crippen LogP contribution in [-0.4, -0.2) is 11.1 Å². The first-order valence-corrected chi connectivity index (χ1v) is 3.96. The van der Waals surface area contributed by atoms with Gasteiger partial charge in [-0.15, -0.1) is 0 Å². The number of phenolic OH excluding ortho intramolecular Hbond substituents is 1. The van der Waals surface area contributed by atoms with Crippen LogP contribution in [0.25, 0.3) is 0 Å². The number of hydrogen-bond acceptors (Lipinski definition) is 3. The number of nitrogens with one attached hydrogen (secondary N) is 1. The summed E-state index contributed by atoms with van der Waals surface area (Å²) in [6, 6.07) is 7.40. The first-order valence-electron chi connectivity index (χ1n) is 3.96. The van der Waals surface area contributed by atoms with E-state index in [1.54, 1.807) is 12.1 Å². The van der Waals surface area contributed by atoms with Crippen molar-refractivity contribution in [2.45, 2.75) is 19.4 Å². The van der Waals surface area contributed by atoms with E-state index in [0.717, 1.165) is 6.42 Å². The lowest BCUT2D eigenvalue weighted by atomic mass is 10.1. The van der Waals surface area contributed by atoms with Gasteiger partial charge in [0.25, 0.3) is 0 Å². The van der Waals surface area contributed by atoms with Crippen molar-refractivity contribution in [2.24, 2.45) is 5.84 Å². The summed E-state index contributed by atoms with van der Waals surface area (Å²) in [6.07, 6.45) is 0.872. The maximum Gasteiger partial charge on any atom is 0.115 e. The van der Waals surface area contributed by atoms with Crippen LogP contribution in [0.5, 0.6) is 5.75 Å². The maximum atomic E-state index is 9.01. The monoisotopic (exact) mass is 166 g/mol. The second-order valence-electron chi connectivity index (χ2n) is 2.94. The molecule has 0 saturated carbocycles. The average molecular weight is 166 g/mol. The minimum Gasteiger partial charge on any atom is -0.508 e. The van der Waals surface area contributed by atoms with Crippen molar-refractivity contribution in [3.63, 3.8) is 0 Å². The van der Waals surface area contributed by atoms with Crippen LogP contribution < -0.4 is 11.3 Å². The maximum absolute atomic E-state index is 9.01. The highest BCUT2D eigenvalue weighted by molar-refractivity contribution is 5.26. The zero-order valence-electron chi connectivity index (χ0n) is 7.12. The molecule has 0 bridgehead atoms. The van der Waals surface area contributed by atoms with Crippen molar-refractivity contribution in [2.75, 3.05) is 0 Å². The Morgan fingerprint density at radius 3 is 2.50 bits per heavy atom. The summed E-state index contributed by atoms with van der Waals surface area (Å²) in [7, 11) is 0. The van der Waals surface area contributed by atoms with Crippen molar-refractivity contribution in [3.05, 3.63) is 29.8 Å². The molecule has 3 heteroatoms. The fourth-order valence-electron chi connectivity index (χ4n) is 1.04. The van der Waals surface area contributed by atoms with Gasteiger partial charge in [-0.2, -0.15) is 0 Å². The Labute approximate surface area is 72.2 Å². The van der Waals surface area contributed by atoms with Crippen LogP contribution in [0.4, 0.5) is 0 Å². The molecule has 1 rings (SSSR count). The van der Waals surface area contributed by atoms with Gasteiger partial charge >= 0.3 is 0 Å². The number of nitrogens with two attached hydrogens (primary N) is 1. The Morgan fingerprint density at radius 1 is 1.42 bits per heavy atom. The van der Waals surface area contributed by atoms with Crippen LogP contribution in [0.2, 0.25) is 0 Å². The summed E-state index contributed by atoms with van der Waals surface area (Å²) in [4.78, 5) is 0. The average Bonchev–Trinajstić information content (AvgIpc) is 2.09. The van der Waals surface area contributed by atoms with E-state index >= 15 is 0 Å². The molecule has 0 saturated heterocycles. The van der Waals surface area contributed by atoms with Crippen molar-refractivity contribution in [3.8, 4) is 5.75 Å². The largest absolute Gasteiger partial charge is 0.508 e. The Hall–Kier alpha value is -1.06. The van der Waals surface area contributed by atoms with Gasteiger partial charge in [0.05, 0.1) is 0 Å². The molecule has 0 amide bonds. The Balaban J connectivity index is 2.58. The molecule has 0 radical (unpaired) electrons. The smallest absolute Gasteiger partial charge is 0.115 e. The zero-order chi connectivity index (χ0) is 8.97. The van der Waals surface area contributed by atoms with E-state index < -0.39 is 0 Å². The second kappa shape index (κ2) is 4.09. The summed E-state index contributed by atoms with van der Waals surface area (Å²) in [6.45, 7) is 2.01. The van der Waals surface area contributed by atoms with E-state index in [1.807, 2.05) is 19.1 Å². The van der Waals surface area contributed by atoms with Gasteiger partial charge in [0.15, 0.2) is 0 Å². The molecule has 66 valence electrons. The van der Waals surface area contributed by atoms with Crippen molar-refractivity contribution in [1.82, 2.24) is 5.43 Å². The Bertz CT molecular complexity index is 233. The van der Waals surface area contributed by atoms with Gasteiger partial charge in [0.2, 0.25) is 0 Å². The Morgan fingerprint density at radius 2 is 2.00 bits per heavy atom. The normalized spacial score (nSPS) is 12.8. The van der Waals surface area contributed by atoms with Gasteiger partial charge in [-0.3, -0.25) is 11.3 Å². The van der Waals surface area contributed by atoms with Crippen LogP contribution in [-0.2, 0) is 6.42 Å². The predicted octanol–water partition coefficient (Wildman–Crippen LogP) is 0.786. The molecule has 0 fully saturated rings. The first kappa shape index (κ1) is 9.03. The molecule has 12 heavy (non-hydrogen) atoms. The van der Waals surface area contributed by atoms with Crippen LogP contribution >= 0.6 is 0 Å². The summed E-state index contributed by atoms with van der Waals surface area (Å²) in [5, 5.41) is 9.01. The fraction of sp³-hybridized carbons (Fsp3) is 0.333. The van der Waals surface area contributed by atoms with Gasteiger partial charge in [-0.1, -0.05) is 12.1 Å². The number of aromatic hydroxyl groups is 1. The summed E-state index contributed by atoms with van der Waals surface area (Å²) in [5.74, 6) is 5.55. The van der Waals surface area contributed by atoms with Gasteiger partial charge in [0, 0.05) is 6.04 Å². The molecule has 0 aliphatic carbocycles. The molecule has 1 atom stereocenters. The van der Waals surface area contributed by atoms with E-state index in [4.69, 9.17) is 10.9 Å². The van der Waals surface area contributed by atoms with Gasteiger partial charge in [0.1, 0.15) is 5.75 Å². The molecular formula is C9H14N2O. The quantitative estimate of drug-likeness (QED) is 0.459. The first-order chi connectivity index (χ1) is 5.72. The van der Waals surface area contributed by atoms with Crippen LogP contribution in [0.1, 0.15) is 12.5 Å². The van der Waals surface area contributed by atoms with E-state index in [9.17, 15) is 0 Å². The minimum atomic E-state index is 0.259. The molecule has 0 aliphatic rings. The molecule has 0 heterocycles. The highest BCUT2D eigenvalue weighted by atomic mass is 16.3. The third kappa shape index (κ3) is 2.53. The highest BCUT2D eigenvalue weighted by Crippen LogP contribution is 2.10. The number of rotatable bonds is 3. The summed E-state index contributed by atoms with van der Waals surface area (Å²) >= 11 is 0. The van der Waals surface area contributed by atoms with Crippen molar-refractivity contribution >= 4 is 0 Å². The van der Waals surface area contributed by atoms with Crippen molar-refractivity contribution in [1.29, 1.82) is 0 Å². The van der Waals surface area contributed by atoms with Crippen LogP contribution in [0.3, 0.4) is 0 Å². The van der Waals surface area contributed by atoms with Crippen LogP contribution in [0.15, 0.2) is 24.3 Å². The van der Waals surface area contributed by atoms with E-state index in [-0.39, 0.29) is 6.04 Å². The SMILES string of the molecule is CC(Cc1ccc(O)cc1)NN. The third-order valence-electron chi connectivity index (χ3n) is 1.76. The van der Waals surface area contributed by atoms with Gasteiger partial charge in [-0.25, -0.2) is 0 Å². The summed E-state index contributed by atoms with van der Waals surface area (Å²) < 4.78 is 0. The van der Waals surface area contributed by atoms with Crippen LogP contribution in [0, 0.1) is 0 Å². The molecule has 0 aromatic heterocycles. The fourth-order valence-corrected chi connectivity index (χ4v) is 1.04. The lowest BCUT2D eigenvalue weighted by Crippen LogP contribution is -2.33. The number of benzene rings is 1. The van der Waals surface area contributed by atoms with E-state index in [2.05, 4.69) is 5.43 Å². The molecule has 3 nitrogen and oxygen atoms in total. The lowest BCUT2D eigenvalue weighted by molar-refractivity contribution is 0.474. The number of hydrogen-bond donors (Lipinski definition) is 3. The summed E-state index contributed by atoms with van der Waals surface area (Å²) in [5.41, 5.74) is 3.83. The lowest BCUT2D eigenvalue weighted by Gasteiger charge is -2.08. The third-order valence-corrected chi connectivity index (χ3v) is 1.76. The zero-order valence-corrected chi connectivity index (χ0v) is 7.12. The molecular weight excluding hydrogens is 152 g/mol. The van der Waals surface area contributed by atoms with E-state index in [0.29, 0.717) is 5.75 Å². The van der Waals surface area contributed by atoms with E-state index in [1.165, 1.54) is 5.56 Å². The molecule has 1 unspecified atom stereocenters. The standard InChI is InChI=1S/C9H14N2O/c1-7(11-10)6-8-2-4-9(12)5-3-8/h2-5,7,11-12H,6,10H2,1H3. The molecule has 1 aromatic rings. The van der Waals surface area contributed by atoms with Gasteiger partial charge in [-0.05, 0) is 31.0 Å². The minimum absolute atomic E-state index is 0.259. The number of hydrazine groups is 1. The number of phenols is 1. The predicted molar refractivity (Wildman–Crippen MR) is 48.6 cm³/mol. The second-order valence-corrected chi connectivity index (χ2v) is 2.94. The molecule has 1 aromatic carbocycles. The topological polar surface area (TPSA) is 58.3 Å². The Kier molecular flexibility index (Phi) is 3.08. The van der Waals surface area contributed by atoms with Gasteiger partial charge < -0.3 is 5.11 Å².